The minimum atomic E-state index is -1.17. The number of aliphatic carboxylic acids is 1. The van der Waals surface area contributed by atoms with E-state index in [-0.39, 0.29) is 18.2 Å². The van der Waals surface area contributed by atoms with Crippen molar-refractivity contribution in [3.63, 3.8) is 0 Å². The van der Waals surface area contributed by atoms with Crippen LogP contribution in [0.1, 0.15) is 6.42 Å². The lowest BCUT2D eigenvalue weighted by atomic mass is 9.97. The molecule has 0 saturated carbocycles. The summed E-state index contributed by atoms with van der Waals surface area (Å²) in [5.74, 6) is -1.17. The monoisotopic (exact) mass is 202 g/mol. The molecule has 4 heteroatoms. The lowest BCUT2D eigenvalue weighted by Gasteiger charge is -2.09. The Morgan fingerprint density at radius 2 is 2.33 bits per heavy atom. The van der Waals surface area contributed by atoms with Crippen molar-refractivity contribution in [1.29, 1.82) is 5.41 Å². The number of nitrogens with one attached hydrogen (secondary N) is 1. The van der Waals surface area contributed by atoms with Crippen LogP contribution in [0.5, 0.6) is 0 Å². The van der Waals surface area contributed by atoms with Crippen molar-refractivity contribution >= 4 is 17.9 Å². The number of hydrogen-bond acceptors (Lipinski definition) is 3. The maximum absolute atomic E-state index is 10.5. The number of nitrogens with zero attached hydrogens (tertiary/aromatic N) is 1. The summed E-state index contributed by atoms with van der Waals surface area (Å²) in [6, 6.07) is 0.0200. The van der Waals surface area contributed by atoms with Gasteiger partial charge in [-0.1, -0.05) is 24.3 Å². The van der Waals surface area contributed by atoms with Crippen molar-refractivity contribution < 1.29 is 9.90 Å². The summed E-state index contributed by atoms with van der Waals surface area (Å²) in [5, 5.41) is 15.9. The van der Waals surface area contributed by atoms with Gasteiger partial charge in [-0.15, -0.1) is 0 Å². The molecule has 0 aromatic heterocycles. The molecule has 1 heterocycles. The quantitative estimate of drug-likeness (QED) is 0.678. The van der Waals surface area contributed by atoms with Crippen molar-refractivity contribution in [2.24, 2.45) is 4.99 Å². The van der Waals surface area contributed by atoms with Crippen LogP contribution in [-0.4, -0.2) is 29.0 Å². The molecule has 0 aromatic rings. The summed E-state index contributed by atoms with van der Waals surface area (Å²) in [6.07, 6.45) is 9.48. The van der Waals surface area contributed by atoms with Gasteiger partial charge in [-0.3, -0.25) is 10.4 Å². The third-order valence-corrected chi connectivity index (χ3v) is 2.39. The Bertz CT molecular complexity index is 442. The summed E-state index contributed by atoms with van der Waals surface area (Å²) in [4.78, 5) is 14.7. The second-order valence-corrected chi connectivity index (χ2v) is 3.41. The molecule has 0 bridgehead atoms. The van der Waals surface area contributed by atoms with Crippen LogP contribution in [-0.2, 0) is 4.79 Å². The van der Waals surface area contributed by atoms with Crippen LogP contribution in [0.15, 0.2) is 40.4 Å². The van der Waals surface area contributed by atoms with Crippen LogP contribution in [0.25, 0.3) is 0 Å². The summed E-state index contributed by atoms with van der Waals surface area (Å²) in [6.45, 7) is 0. The minimum absolute atomic E-state index is 0.0200. The van der Waals surface area contributed by atoms with Crippen LogP contribution in [0, 0.1) is 5.41 Å². The number of carbonyl (C=O) groups is 1. The van der Waals surface area contributed by atoms with E-state index in [1.165, 1.54) is 0 Å². The molecule has 0 saturated heterocycles. The molecule has 0 fully saturated rings. The molecule has 1 atom stereocenters. The molecule has 2 rings (SSSR count). The predicted octanol–water partition coefficient (Wildman–Crippen LogP) is 1.36. The Kier molecular flexibility index (Phi) is 2.33. The zero-order chi connectivity index (χ0) is 10.8. The standard InChI is InChI=1S/C11H10N2O2/c12-9(11(14)15)5-7-6-13-10-4-2-1-3-8(7)10/h1-4,6,10,12H,5H2,(H,14,15). The van der Waals surface area contributed by atoms with E-state index in [0.29, 0.717) is 0 Å². The predicted molar refractivity (Wildman–Crippen MR) is 57.6 cm³/mol. The van der Waals surface area contributed by atoms with Crippen molar-refractivity contribution in [3.8, 4) is 0 Å². The second kappa shape index (κ2) is 3.65. The molecular weight excluding hydrogens is 192 g/mol. The summed E-state index contributed by atoms with van der Waals surface area (Å²) < 4.78 is 0. The van der Waals surface area contributed by atoms with Gasteiger partial charge >= 0.3 is 5.97 Å². The topological polar surface area (TPSA) is 73.5 Å². The van der Waals surface area contributed by atoms with Gasteiger partial charge in [0.05, 0.1) is 6.04 Å². The Balaban J connectivity index is 2.20. The first kappa shape index (κ1) is 9.58. The molecule has 1 aliphatic carbocycles. The van der Waals surface area contributed by atoms with Crippen molar-refractivity contribution in [2.75, 3.05) is 0 Å². The maximum Gasteiger partial charge on any atom is 0.349 e. The van der Waals surface area contributed by atoms with Gasteiger partial charge in [-0.25, -0.2) is 4.79 Å². The van der Waals surface area contributed by atoms with Crippen molar-refractivity contribution in [3.05, 3.63) is 35.5 Å². The van der Waals surface area contributed by atoms with E-state index in [2.05, 4.69) is 4.99 Å². The molecule has 2 N–H and O–H groups in total. The van der Waals surface area contributed by atoms with Crippen LogP contribution in [0.4, 0.5) is 0 Å². The van der Waals surface area contributed by atoms with Gasteiger partial charge in [0.25, 0.3) is 0 Å². The fraction of sp³-hybridized carbons (Fsp3) is 0.182. The Hall–Kier alpha value is -1.97. The average molecular weight is 202 g/mol. The third kappa shape index (κ3) is 1.79. The second-order valence-electron chi connectivity index (χ2n) is 3.41. The van der Waals surface area contributed by atoms with Gasteiger partial charge in [0.2, 0.25) is 0 Å². The van der Waals surface area contributed by atoms with Crippen LogP contribution in [0.2, 0.25) is 0 Å². The normalized spacial score (nSPS) is 22.0. The summed E-state index contributed by atoms with van der Waals surface area (Å²) in [7, 11) is 0. The van der Waals surface area contributed by atoms with E-state index in [1.807, 2.05) is 24.3 Å². The number of carboxylic acids is 1. The smallest absolute Gasteiger partial charge is 0.349 e. The first-order valence-corrected chi connectivity index (χ1v) is 4.60. The Morgan fingerprint density at radius 3 is 3.07 bits per heavy atom. The van der Waals surface area contributed by atoms with Crippen molar-refractivity contribution in [2.45, 2.75) is 12.5 Å². The highest BCUT2D eigenvalue weighted by Gasteiger charge is 2.21. The number of fused-ring (bicyclic) bond motifs is 1. The third-order valence-electron chi connectivity index (χ3n) is 2.39. The van der Waals surface area contributed by atoms with Gasteiger partial charge < -0.3 is 5.11 Å². The van der Waals surface area contributed by atoms with Crippen molar-refractivity contribution in [1.82, 2.24) is 0 Å². The van der Waals surface area contributed by atoms with Crippen LogP contribution in [0.3, 0.4) is 0 Å². The SMILES string of the molecule is N=C(CC1=C2C=CC=CC2N=C1)C(=O)O. The van der Waals surface area contributed by atoms with Gasteiger partial charge in [0.1, 0.15) is 5.71 Å². The zero-order valence-corrected chi connectivity index (χ0v) is 7.97. The highest BCUT2D eigenvalue weighted by molar-refractivity contribution is 6.35. The molecule has 76 valence electrons. The van der Waals surface area contributed by atoms with E-state index in [4.69, 9.17) is 10.5 Å². The number of carboxylic acid groups (broad SMARTS) is 1. The van der Waals surface area contributed by atoms with Gasteiger partial charge in [0, 0.05) is 12.6 Å². The number of aliphatic imine (C=N–C) groups is 1. The minimum Gasteiger partial charge on any atom is -0.477 e. The average Bonchev–Trinajstić information content (AvgIpc) is 2.62. The molecule has 15 heavy (non-hydrogen) atoms. The number of hydrogen-bond donors (Lipinski definition) is 2. The highest BCUT2D eigenvalue weighted by atomic mass is 16.4. The lowest BCUT2D eigenvalue weighted by Crippen LogP contribution is -2.13. The Morgan fingerprint density at radius 1 is 1.53 bits per heavy atom. The fourth-order valence-electron chi connectivity index (χ4n) is 1.62. The first-order chi connectivity index (χ1) is 7.18. The molecule has 2 aliphatic rings. The van der Waals surface area contributed by atoms with Crippen LogP contribution >= 0.6 is 0 Å². The first-order valence-electron chi connectivity index (χ1n) is 4.60. The van der Waals surface area contributed by atoms with E-state index in [9.17, 15) is 4.79 Å². The lowest BCUT2D eigenvalue weighted by molar-refractivity contribution is -0.129. The van der Waals surface area contributed by atoms with E-state index < -0.39 is 5.97 Å². The van der Waals surface area contributed by atoms with Crippen LogP contribution < -0.4 is 0 Å². The van der Waals surface area contributed by atoms with E-state index in [1.54, 1.807) is 6.21 Å². The van der Waals surface area contributed by atoms with Gasteiger partial charge in [-0.2, -0.15) is 0 Å². The molecular formula is C11H10N2O2. The maximum atomic E-state index is 10.5. The fourth-order valence-corrected chi connectivity index (χ4v) is 1.62. The highest BCUT2D eigenvalue weighted by Crippen LogP contribution is 2.25. The van der Waals surface area contributed by atoms with E-state index >= 15 is 0 Å². The molecule has 0 amide bonds. The molecule has 1 unspecified atom stereocenters. The molecule has 1 aliphatic heterocycles. The number of allylic oxidation sites excluding steroid dienone is 3. The summed E-state index contributed by atoms with van der Waals surface area (Å²) >= 11 is 0. The molecule has 0 aromatic carbocycles. The van der Waals surface area contributed by atoms with Gasteiger partial charge in [0.15, 0.2) is 0 Å². The molecule has 0 spiro atoms. The zero-order valence-electron chi connectivity index (χ0n) is 7.97. The largest absolute Gasteiger partial charge is 0.477 e. The molecule has 4 nitrogen and oxygen atoms in total. The molecule has 0 radical (unpaired) electrons. The van der Waals surface area contributed by atoms with Gasteiger partial charge in [-0.05, 0) is 11.1 Å². The summed E-state index contributed by atoms with van der Waals surface area (Å²) in [5.41, 5.74) is 1.53. The Labute approximate surface area is 86.8 Å². The van der Waals surface area contributed by atoms with E-state index in [0.717, 1.165) is 11.1 Å². The number of rotatable bonds is 3.